The number of amides is 1. The number of carbonyl (C=O) groups is 1. The number of nitrogens with zero attached hydrogens (tertiary/aromatic N) is 3. The normalized spacial score (nSPS) is 20.4. The molecular weight excluding hydrogens is 331 g/mol. The van der Waals surface area contributed by atoms with Crippen LogP contribution in [0.2, 0.25) is 0 Å². The van der Waals surface area contributed by atoms with Gasteiger partial charge in [0.15, 0.2) is 0 Å². The van der Waals surface area contributed by atoms with Crippen molar-refractivity contribution in [2.24, 2.45) is 5.92 Å². The van der Waals surface area contributed by atoms with Gasteiger partial charge in [0.2, 0.25) is 0 Å². The van der Waals surface area contributed by atoms with E-state index in [4.69, 9.17) is 0 Å². The molecule has 2 aromatic rings. The Morgan fingerprint density at radius 2 is 1.88 bits per heavy atom. The number of aromatic nitrogens is 2. The Bertz CT molecular complexity index is 778. The number of halogens is 3. The first kappa shape index (κ1) is 16.2. The Hall–Kier alpha value is -2.31. The zero-order chi connectivity index (χ0) is 17.6. The molecule has 132 valence electrons. The fraction of sp³-hybridized carbons (Fsp3) is 0.444. The van der Waals surface area contributed by atoms with Crippen LogP contribution in [0, 0.1) is 5.92 Å². The Kier molecular flexibility index (Phi) is 3.81. The highest BCUT2D eigenvalue weighted by Gasteiger charge is 2.37. The van der Waals surface area contributed by atoms with Gasteiger partial charge in [0.05, 0.1) is 23.0 Å². The lowest BCUT2D eigenvalue weighted by Crippen LogP contribution is -2.51. The Morgan fingerprint density at radius 3 is 2.44 bits per heavy atom. The van der Waals surface area contributed by atoms with Gasteiger partial charge in [-0.25, -0.2) is 4.68 Å². The lowest BCUT2D eigenvalue weighted by atomic mass is 9.96. The summed E-state index contributed by atoms with van der Waals surface area (Å²) in [6, 6.07) is 5.06. The average molecular weight is 349 g/mol. The fourth-order valence-electron chi connectivity index (χ4n) is 3.23. The summed E-state index contributed by atoms with van der Waals surface area (Å²) in [6.45, 7) is 0.766. The predicted octanol–water partition coefficient (Wildman–Crippen LogP) is 3.91. The summed E-state index contributed by atoms with van der Waals surface area (Å²) in [5, 5.41) is 4.13. The first-order valence-corrected chi connectivity index (χ1v) is 8.45. The summed E-state index contributed by atoms with van der Waals surface area (Å²) in [7, 11) is 0. The average Bonchev–Trinajstić information content (AvgIpc) is 3.24. The van der Waals surface area contributed by atoms with E-state index in [2.05, 4.69) is 5.10 Å². The first-order valence-electron chi connectivity index (χ1n) is 8.45. The molecule has 0 radical (unpaired) electrons. The second kappa shape index (κ2) is 5.89. The molecule has 1 unspecified atom stereocenters. The number of rotatable bonds is 4. The third-order valence-electron chi connectivity index (χ3n) is 5.00. The van der Waals surface area contributed by atoms with Crippen molar-refractivity contribution in [3.63, 3.8) is 0 Å². The van der Waals surface area contributed by atoms with Crippen molar-refractivity contribution in [1.29, 1.82) is 0 Å². The van der Waals surface area contributed by atoms with E-state index in [1.165, 1.54) is 35.9 Å². The first-order chi connectivity index (χ1) is 11.9. The van der Waals surface area contributed by atoms with E-state index < -0.39 is 11.7 Å². The Balaban J connectivity index is 1.47. The van der Waals surface area contributed by atoms with Crippen LogP contribution in [-0.2, 0) is 6.18 Å². The van der Waals surface area contributed by atoms with Gasteiger partial charge in [-0.05, 0) is 43.0 Å². The Labute approximate surface area is 143 Å². The molecule has 1 amide bonds. The highest BCUT2D eigenvalue weighted by atomic mass is 19.4. The third-order valence-corrected chi connectivity index (χ3v) is 5.00. The Morgan fingerprint density at radius 1 is 1.16 bits per heavy atom. The number of alkyl halides is 3. The summed E-state index contributed by atoms with van der Waals surface area (Å²) < 4.78 is 39.3. The van der Waals surface area contributed by atoms with Crippen molar-refractivity contribution in [3.05, 3.63) is 47.8 Å². The number of likely N-dealkylation sites (tertiary alicyclic amines) is 1. The molecule has 1 aromatic heterocycles. The van der Waals surface area contributed by atoms with E-state index in [1.807, 2.05) is 4.90 Å². The molecule has 1 atom stereocenters. The van der Waals surface area contributed by atoms with Crippen LogP contribution in [0.3, 0.4) is 0 Å². The van der Waals surface area contributed by atoms with E-state index in [-0.39, 0.29) is 5.91 Å². The van der Waals surface area contributed by atoms with E-state index in [0.717, 1.165) is 37.4 Å². The second-order valence-corrected chi connectivity index (χ2v) is 6.84. The van der Waals surface area contributed by atoms with Gasteiger partial charge in [-0.2, -0.15) is 18.3 Å². The highest BCUT2D eigenvalue weighted by Crippen LogP contribution is 2.38. The van der Waals surface area contributed by atoms with Crippen LogP contribution >= 0.6 is 0 Å². The van der Waals surface area contributed by atoms with Gasteiger partial charge in [0.25, 0.3) is 5.91 Å². The quantitative estimate of drug-likeness (QED) is 0.839. The largest absolute Gasteiger partial charge is 0.416 e. The smallest absolute Gasteiger partial charge is 0.335 e. The van der Waals surface area contributed by atoms with Gasteiger partial charge >= 0.3 is 6.18 Å². The van der Waals surface area contributed by atoms with Gasteiger partial charge in [-0.1, -0.05) is 12.8 Å². The van der Waals surface area contributed by atoms with Crippen LogP contribution in [0.15, 0.2) is 36.7 Å². The number of carbonyl (C=O) groups excluding carboxylic acids is 1. The maximum Gasteiger partial charge on any atom is 0.416 e. The topological polar surface area (TPSA) is 38.1 Å². The summed E-state index contributed by atoms with van der Waals surface area (Å²) in [5.74, 6) is 0.727. The lowest BCUT2D eigenvalue weighted by Gasteiger charge is -2.41. The van der Waals surface area contributed by atoms with Gasteiger partial charge < -0.3 is 4.90 Å². The molecule has 1 aliphatic heterocycles. The molecule has 7 heteroatoms. The van der Waals surface area contributed by atoms with Crippen LogP contribution in [-0.4, -0.2) is 33.2 Å². The van der Waals surface area contributed by atoms with Crippen molar-refractivity contribution in [2.45, 2.75) is 37.9 Å². The molecule has 1 aromatic carbocycles. The van der Waals surface area contributed by atoms with Gasteiger partial charge in [-0.3, -0.25) is 4.79 Å². The van der Waals surface area contributed by atoms with Crippen LogP contribution < -0.4 is 0 Å². The number of hydrogen-bond acceptors (Lipinski definition) is 2. The molecule has 2 aliphatic rings. The summed E-state index contributed by atoms with van der Waals surface area (Å²) >= 11 is 0. The molecule has 4 nitrogen and oxygen atoms in total. The maximum absolute atomic E-state index is 12.6. The van der Waals surface area contributed by atoms with Crippen molar-refractivity contribution < 1.29 is 18.0 Å². The molecule has 25 heavy (non-hydrogen) atoms. The minimum Gasteiger partial charge on any atom is -0.335 e. The zero-order valence-electron chi connectivity index (χ0n) is 13.5. The molecule has 0 N–H and O–H groups in total. The number of hydrogen-bond donors (Lipinski definition) is 0. The van der Waals surface area contributed by atoms with Crippen molar-refractivity contribution >= 4 is 5.91 Å². The van der Waals surface area contributed by atoms with Gasteiger partial charge in [-0.15, -0.1) is 0 Å². The molecule has 1 saturated carbocycles. The molecule has 1 aliphatic carbocycles. The monoisotopic (exact) mass is 349 g/mol. The molecule has 0 spiro atoms. The van der Waals surface area contributed by atoms with Gasteiger partial charge in [0.1, 0.15) is 0 Å². The van der Waals surface area contributed by atoms with Crippen molar-refractivity contribution in [1.82, 2.24) is 14.7 Å². The number of benzene rings is 1. The zero-order valence-corrected chi connectivity index (χ0v) is 13.5. The van der Waals surface area contributed by atoms with E-state index in [9.17, 15) is 18.0 Å². The molecule has 0 bridgehead atoms. The minimum absolute atomic E-state index is 0.0462. The standard InChI is InChI=1S/C18H18F3N3O/c19-18(20,21)14-3-5-15(6-4-14)24-11-13(10-22-24)17(25)23-8-7-16(23)9-12-1-2-12/h3-6,10-12,16H,1-2,7-9H2. The van der Waals surface area contributed by atoms with Crippen LogP contribution in [0.25, 0.3) is 5.69 Å². The highest BCUT2D eigenvalue weighted by molar-refractivity contribution is 5.94. The predicted molar refractivity (Wildman–Crippen MR) is 85.3 cm³/mol. The summed E-state index contributed by atoms with van der Waals surface area (Å²) in [5.41, 5.74) is 0.258. The van der Waals surface area contributed by atoms with Crippen molar-refractivity contribution in [3.8, 4) is 5.69 Å². The third kappa shape index (κ3) is 3.27. The molecule has 2 heterocycles. The van der Waals surface area contributed by atoms with Crippen LogP contribution in [0.1, 0.15) is 41.6 Å². The van der Waals surface area contributed by atoms with Crippen LogP contribution in [0.4, 0.5) is 13.2 Å². The minimum atomic E-state index is -4.36. The SMILES string of the molecule is O=C(c1cnn(-c2ccc(C(F)(F)F)cc2)c1)N1CCC1CC1CC1. The van der Waals surface area contributed by atoms with Gasteiger partial charge in [0, 0.05) is 18.8 Å². The fourth-order valence-corrected chi connectivity index (χ4v) is 3.23. The maximum atomic E-state index is 12.6. The van der Waals surface area contributed by atoms with E-state index >= 15 is 0 Å². The molecular formula is C18H18F3N3O. The van der Waals surface area contributed by atoms with E-state index in [1.54, 1.807) is 6.20 Å². The second-order valence-electron chi connectivity index (χ2n) is 6.84. The van der Waals surface area contributed by atoms with E-state index in [0.29, 0.717) is 17.3 Å². The van der Waals surface area contributed by atoms with Crippen LogP contribution in [0.5, 0.6) is 0 Å². The van der Waals surface area contributed by atoms with Crippen molar-refractivity contribution in [2.75, 3.05) is 6.54 Å². The lowest BCUT2D eigenvalue weighted by molar-refractivity contribution is -0.137. The molecule has 4 rings (SSSR count). The summed E-state index contributed by atoms with van der Waals surface area (Å²) in [6.07, 6.45) is 3.37. The molecule has 1 saturated heterocycles. The summed E-state index contributed by atoms with van der Waals surface area (Å²) in [4.78, 5) is 14.5. The molecule has 2 fully saturated rings.